The van der Waals surface area contributed by atoms with Gasteiger partial charge in [0.1, 0.15) is 11.8 Å². The summed E-state index contributed by atoms with van der Waals surface area (Å²) in [4.78, 5) is 12.8. The average molecular weight is 200 g/mol. The molecule has 0 unspecified atom stereocenters. The van der Waals surface area contributed by atoms with Crippen LogP contribution in [-0.2, 0) is 6.61 Å². The van der Waals surface area contributed by atoms with Gasteiger partial charge in [0, 0.05) is 6.07 Å². The van der Waals surface area contributed by atoms with Crippen molar-refractivity contribution in [2.24, 2.45) is 0 Å². The summed E-state index contributed by atoms with van der Waals surface area (Å²) in [5, 5.41) is 17.2. The van der Waals surface area contributed by atoms with E-state index in [1.807, 2.05) is 4.98 Å². The number of pyridine rings is 1. The fraction of sp³-hybridized carbons (Fsp3) is 0.250. The van der Waals surface area contributed by atoms with Gasteiger partial charge in [0.25, 0.3) is 6.43 Å². The Bertz CT molecular complexity index is 434. The fourth-order valence-electron chi connectivity index (χ4n) is 1.09. The zero-order valence-electron chi connectivity index (χ0n) is 6.92. The summed E-state index contributed by atoms with van der Waals surface area (Å²) >= 11 is 0. The molecule has 0 aliphatic heterocycles. The number of aliphatic hydroxyl groups is 1. The molecule has 2 N–H and O–H groups in total. The molecule has 0 spiro atoms. The molecule has 0 saturated carbocycles. The molecular formula is C8H6F2N2O2. The lowest BCUT2D eigenvalue weighted by molar-refractivity contribution is 0.146. The molecule has 6 heteroatoms. The first-order chi connectivity index (χ1) is 6.60. The second kappa shape index (κ2) is 3.98. The van der Waals surface area contributed by atoms with E-state index in [1.54, 1.807) is 0 Å². The number of aromatic nitrogens is 1. The second-order valence-electron chi connectivity index (χ2n) is 2.52. The Balaban J connectivity index is 3.51. The van der Waals surface area contributed by atoms with Crippen LogP contribution in [0, 0.1) is 11.3 Å². The second-order valence-corrected chi connectivity index (χ2v) is 2.52. The predicted molar refractivity (Wildman–Crippen MR) is 42.7 cm³/mol. The highest BCUT2D eigenvalue weighted by molar-refractivity contribution is 5.37. The molecule has 0 aliphatic rings. The SMILES string of the molecule is N#Cc1[nH]c(=O)cc(CO)c1C(F)F. The van der Waals surface area contributed by atoms with Gasteiger partial charge in [-0.15, -0.1) is 0 Å². The summed E-state index contributed by atoms with van der Waals surface area (Å²) < 4.78 is 24.8. The van der Waals surface area contributed by atoms with E-state index in [-0.39, 0.29) is 5.56 Å². The zero-order valence-corrected chi connectivity index (χ0v) is 6.92. The van der Waals surface area contributed by atoms with Crippen molar-refractivity contribution in [3.05, 3.63) is 33.2 Å². The largest absolute Gasteiger partial charge is 0.392 e. The molecule has 0 atom stereocenters. The van der Waals surface area contributed by atoms with Gasteiger partial charge in [-0.05, 0) is 5.56 Å². The first kappa shape index (κ1) is 10.3. The molecule has 0 amide bonds. The van der Waals surface area contributed by atoms with Gasteiger partial charge >= 0.3 is 0 Å². The minimum absolute atomic E-state index is 0.222. The van der Waals surface area contributed by atoms with E-state index in [1.165, 1.54) is 6.07 Å². The third-order valence-electron chi connectivity index (χ3n) is 1.67. The highest BCUT2D eigenvalue weighted by Gasteiger charge is 2.18. The topological polar surface area (TPSA) is 76.9 Å². The van der Waals surface area contributed by atoms with Crippen LogP contribution in [0.25, 0.3) is 0 Å². The molecule has 14 heavy (non-hydrogen) atoms. The highest BCUT2D eigenvalue weighted by Crippen LogP contribution is 2.24. The molecule has 0 saturated heterocycles. The monoisotopic (exact) mass is 200 g/mol. The quantitative estimate of drug-likeness (QED) is 0.736. The van der Waals surface area contributed by atoms with Crippen LogP contribution in [0.1, 0.15) is 23.2 Å². The summed E-state index contributed by atoms with van der Waals surface area (Å²) in [5.74, 6) is 0. The fourth-order valence-corrected chi connectivity index (χ4v) is 1.09. The molecule has 1 aromatic heterocycles. The minimum atomic E-state index is -2.90. The van der Waals surface area contributed by atoms with E-state index in [9.17, 15) is 13.6 Å². The molecule has 0 fully saturated rings. The Morgan fingerprint density at radius 3 is 2.71 bits per heavy atom. The van der Waals surface area contributed by atoms with E-state index < -0.39 is 29.8 Å². The van der Waals surface area contributed by atoms with Gasteiger partial charge in [-0.3, -0.25) is 4.79 Å². The number of H-pyrrole nitrogens is 1. The van der Waals surface area contributed by atoms with Crippen LogP contribution in [0.2, 0.25) is 0 Å². The van der Waals surface area contributed by atoms with Crippen LogP contribution in [0.3, 0.4) is 0 Å². The third kappa shape index (κ3) is 1.78. The highest BCUT2D eigenvalue weighted by atomic mass is 19.3. The molecule has 0 bridgehead atoms. The van der Waals surface area contributed by atoms with Crippen molar-refractivity contribution in [1.82, 2.24) is 4.98 Å². The van der Waals surface area contributed by atoms with Crippen molar-refractivity contribution in [2.45, 2.75) is 13.0 Å². The van der Waals surface area contributed by atoms with Crippen LogP contribution in [-0.4, -0.2) is 10.1 Å². The maximum Gasteiger partial charge on any atom is 0.266 e. The third-order valence-corrected chi connectivity index (χ3v) is 1.67. The number of nitriles is 1. The standard InChI is InChI=1S/C8H6F2N2O2/c9-8(10)7-4(3-13)1-6(14)12-5(7)2-11/h1,8,13H,3H2,(H,12,14). The van der Waals surface area contributed by atoms with Crippen molar-refractivity contribution in [1.29, 1.82) is 5.26 Å². The first-order valence-electron chi connectivity index (χ1n) is 3.65. The maximum atomic E-state index is 12.4. The van der Waals surface area contributed by atoms with Gasteiger partial charge in [-0.25, -0.2) is 8.78 Å². The number of rotatable bonds is 2. The Hall–Kier alpha value is -1.74. The van der Waals surface area contributed by atoms with Crippen LogP contribution >= 0.6 is 0 Å². The van der Waals surface area contributed by atoms with Gasteiger partial charge in [-0.2, -0.15) is 5.26 Å². The van der Waals surface area contributed by atoms with Gasteiger partial charge < -0.3 is 10.1 Å². The Kier molecular flexibility index (Phi) is 2.94. The summed E-state index contributed by atoms with van der Waals surface area (Å²) in [7, 11) is 0. The van der Waals surface area contributed by atoms with Gasteiger partial charge in [0.15, 0.2) is 0 Å². The summed E-state index contributed by atoms with van der Waals surface area (Å²) in [6.07, 6.45) is -2.90. The van der Waals surface area contributed by atoms with Gasteiger partial charge in [-0.1, -0.05) is 0 Å². The number of aromatic amines is 1. The predicted octanol–water partition coefficient (Wildman–Crippen LogP) is 0.676. The van der Waals surface area contributed by atoms with Crippen LogP contribution in [0.4, 0.5) is 8.78 Å². The maximum absolute atomic E-state index is 12.4. The molecule has 0 radical (unpaired) electrons. The Labute approximate surface area is 77.4 Å². The molecule has 4 nitrogen and oxygen atoms in total. The van der Waals surface area contributed by atoms with E-state index in [0.717, 1.165) is 6.07 Å². The molecule has 0 aliphatic carbocycles. The molecule has 74 valence electrons. The molecule has 1 heterocycles. The summed E-state index contributed by atoms with van der Waals surface area (Å²) in [6, 6.07) is 2.30. The molecule has 0 aromatic carbocycles. The number of nitrogens with one attached hydrogen (secondary N) is 1. The number of halogens is 2. The minimum Gasteiger partial charge on any atom is -0.392 e. The molecule has 1 aromatic rings. The molecule has 1 rings (SSSR count). The number of hydrogen-bond donors (Lipinski definition) is 2. The van der Waals surface area contributed by atoms with Crippen molar-refractivity contribution in [3.63, 3.8) is 0 Å². The van der Waals surface area contributed by atoms with Crippen LogP contribution in [0.5, 0.6) is 0 Å². The number of aliphatic hydroxyl groups excluding tert-OH is 1. The molecular weight excluding hydrogens is 194 g/mol. The first-order valence-corrected chi connectivity index (χ1v) is 3.65. The van der Waals surface area contributed by atoms with E-state index in [2.05, 4.69) is 0 Å². The lowest BCUT2D eigenvalue weighted by atomic mass is 10.1. The Morgan fingerprint density at radius 1 is 1.64 bits per heavy atom. The summed E-state index contributed by atoms with van der Waals surface area (Å²) in [6.45, 7) is -0.696. The number of alkyl halides is 2. The van der Waals surface area contributed by atoms with Crippen LogP contribution in [0.15, 0.2) is 10.9 Å². The number of nitrogens with zero attached hydrogens (tertiary/aromatic N) is 1. The normalized spacial score (nSPS) is 10.2. The van der Waals surface area contributed by atoms with Gasteiger partial charge in [0.05, 0.1) is 12.2 Å². The lowest BCUT2D eigenvalue weighted by Gasteiger charge is -2.06. The Morgan fingerprint density at radius 2 is 2.29 bits per heavy atom. The van der Waals surface area contributed by atoms with E-state index >= 15 is 0 Å². The van der Waals surface area contributed by atoms with Crippen LogP contribution < -0.4 is 5.56 Å². The van der Waals surface area contributed by atoms with E-state index in [0.29, 0.717) is 0 Å². The summed E-state index contributed by atoms with van der Waals surface area (Å²) in [5.41, 5.74) is -2.03. The van der Waals surface area contributed by atoms with Gasteiger partial charge in [0.2, 0.25) is 5.56 Å². The average Bonchev–Trinajstić information content (AvgIpc) is 2.15. The number of hydrogen-bond acceptors (Lipinski definition) is 3. The van der Waals surface area contributed by atoms with E-state index in [4.69, 9.17) is 10.4 Å². The lowest BCUT2D eigenvalue weighted by Crippen LogP contribution is -2.13. The zero-order chi connectivity index (χ0) is 10.7. The van der Waals surface area contributed by atoms with Crippen molar-refractivity contribution in [2.75, 3.05) is 0 Å². The smallest absolute Gasteiger partial charge is 0.266 e. The van der Waals surface area contributed by atoms with Crippen molar-refractivity contribution < 1.29 is 13.9 Å². The van der Waals surface area contributed by atoms with Crippen molar-refractivity contribution in [3.8, 4) is 6.07 Å². The van der Waals surface area contributed by atoms with Crippen molar-refractivity contribution >= 4 is 0 Å².